The van der Waals surface area contributed by atoms with Crippen LogP contribution in [0.5, 0.6) is 5.75 Å². The number of hydrogen-bond donors (Lipinski definition) is 3. The van der Waals surface area contributed by atoms with Crippen LogP contribution in [0.1, 0.15) is 74.3 Å². The second-order valence-electron chi connectivity index (χ2n) is 10.6. The Morgan fingerprint density at radius 3 is 2.15 bits per heavy atom. The lowest BCUT2D eigenvalue weighted by Gasteiger charge is -2.28. The molecule has 0 amide bonds. The normalized spacial score (nSPS) is 14.4. The van der Waals surface area contributed by atoms with Crippen LogP contribution in [0.2, 0.25) is 0 Å². The Hall–Kier alpha value is -2.94. The number of nitrogens with one attached hydrogen (secondary N) is 2. The third kappa shape index (κ3) is 5.35. The highest BCUT2D eigenvalue weighted by atomic mass is 32.2. The highest BCUT2D eigenvalue weighted by Crippen LogP contribution is 2.40. The summed E-state index contributed by atoms with van der Waals surface area (Å²) in [6.07, 6.45) is 1.04. The third-order valence-corrected chi connectivity index (χ3v) is 6.13. The molecule has 0 saturated carbocycles. The van der Waals surface area contributed by atoms with Gasteiger partial charge in [0.05, 0.1) is 12.8 Å². The van der Waals surface area contributed by atoms with Gasteiger partial charge in [-0.2, -0.15) is 0 Å². The van der Waals surface area contributed by atoms with E-state index in [1.807, 2.05) is 41.5 Å². The fraction of sp³-hybridized carbons (Fsp3) is 0.458. The van der Waals surface area contributed by atoms with E-state index >= 15 is 0 Å². The zero-order chi connectivity index (χ0) is 24.9. The molecule has 33 heavy (non-hydrogen) atoms. The number of aromatic nitrogens is 1. The maximum Gasteiger partial charge on any atom is 0.230 e. The number of hydrogen-bond acceptors (Lipinski definition) is 6. The smallest absolute Gasteiger partial charge is 0.230 e. The van der Waals surface area contributed by atoms with Crippen LogP contribution in [0.3, 0.4) is 0 Å². The number of benzene rings is 1. The highest BCUT2D eigenvalue weighted by molar-refractivity contribution is 7.92. The van der Waals surface area contributed by atoms with E-state index in [4.69, 9.17) is 5.41 Å². The second kappa shape index (κ2) is 8.13. The van der Waals surface area contributed by atoms with Gasteiger partial charge >= 0.3 is 0 Å². The van der Waals surface area contributed by atoms with Crippen LogP contribution in [0.4, 0.5) is 5.82 Å². The number of pyridine rings is 1. The van der Waals surface area contributed by atoms with Crippen LogP contribution in [-0.2, 0) is 27.4 Å². The molecule has 9 heteroatoms. The van der Waals surface area contributed by atoms with E-state index in [1.54, 1.807) is 29.2 Å². The van der Waals surface area contributed by atoms with E-state index in [0.717, 1.165) is 11.8 Å². The average Bonchev–Trinajstić information content (AvgIpc) is 2.94. The molecule has 1 aliphatic rings. The summed E-state index contributed by atoms with van der Waals surface area (Å²) in [5, 5.41) is 19.4. The first-order valence-electron chi connectivity index (χ1n) is 10.7. The van der Waals surface area contributed by atoms with E-state index in [2.05, 4.69) is 9.71 Å². The largest absolute Gasteiger partial charge is 0.507 e. The monoisotopic (exact) mass is 472 g/mol. The lowest BCUT2D eigenvalue weighted by atomic mass is 9.78. The van der Waals surface area contributed by atoms with Gasteiger partial charge in [-0.15, -0.1) is 0 Å². The summed E-state index contributed by atoms with van der Waals surface area (Å²) in [5.74, 6) is 0.250. The standard InChI is InChI=1S/C24H32N4O4S/c1-23(2,3)16-10-15(11-17(21(16)30)24(4,5)6)18(29)13-28-12-14-8-9-19(27-33(7,31)32)26-20(14)22(28)25/h8-11,25,30H,12-13H2,1-7H3,(H,26,27). The molecule has 3 N–H and O–H groups in total. The first kappa shape index (κ1) is 24.7. The molecule has 1 aromatic carbocycles. The molecule has 2 aromatic rings. The SMILES string of the molecule is CC(C)(C)c1cc(C(=O)CN2Cc3ccc(NS(C)(=O)=O)nc3C2=N)cc(C(C)(C)C)c1O. The van der Waals surface area contributed by atoms with Gasteiger partial charge in [0.2, 0.25) is 10.0 Å². The topological polar surface area (TPSA) is 123 Å². The number of sulfonamides is 1. The molecule has 3 rings (SSSR count). The van der Waals surface area contributed by atoms with Crippen molar-refractivity contribution in [2.45, 2.75) is 58.9 Å². The Morgan fingerprint density at radius 1 is 1.12 bits per heavy atom. The van der Waals surface area contributed by atoms with Crippen LogP contribution in [0.25, 0.3) is 0 Å². The third-order valence-electron chi connectivity index (χ3n) is 5.55. The number of carbonyl (C=O) groups is 1. The minimum Gasteiger partial charge on any atom is -0.507 e. The van der Waals surface area contributed by atoms with Gasteiger partial charge in [-0.05, 0) is 29.0 Å². The molecule has 0 spiro atoms. The van der Waals surface area contributed by atoms with Crippen molar-refractivity contribution in [3.63, 3.8) is 0 Å². The summed E-state index contributed by atoms with van der Waals surface area (Å²) in [4.78, 5) is 19.2. The zero-order valence-electron chi connectivity index (χ0n) is 20.2. The van der Waals surface area contributed by atoms with Crippen molar-refractivity contribution in [1.82, 2.24) is 9.88 Å². The number of anilines is 1. The van der Waals surface area contributed by atoms with Gasteiger partial charge in [-0.25, -0.2) is 13.4 Å². The minimum atomic E-state index is -3.49. The van der Waals surface area contributed by atoms with E-state index in [-0.39, 0.29) is 40.6 Å². The molecular weight excluding hydrogens is 440 g/mol. The van der Waals surface area contributed by atoms with Gasteiger partial charge in [0.15, 0.2) is 5.78 Å². The summed E-state index contributed by atoms with van der Waals surface area (Å²) in [5.41, 5.74) is 2.29. The lowest BCUT2D eigenvalue weighted by molar-refractivity contribution is 0.0962. The molecule has 0 saturated heterocycles. The van der Waals surface area contributed by atoms with Crippen molar-refractivity contribution in [3.05, 3.63) is 52.2 Å². The van der Waals surface area contributed by atoms with Crippen molar-refractivity contribution in [1.29, 1.82) is 5.41 Å². The molecule has 0 atom stereocenters. The Kier molecular flexibility index (Phi) is 6.08. The number of rotatable bonds is 5. The van der Waals surface area contributed by atoms with Crippen LogP contribution in [0.15, 0.2) is 24.3 Å². The molecule has 1 aromatic heterocycles. The Balaban J connectivity index is 1.90. The van der Waals surface area contributed by atoms with Crippen LogP contribution >= 0.6 is 0 Å². The lowest BCUT2D eigenvalue weighted by Crippen LogP contribution is -2.31. The number of nitrogens with zero attached hydrogens (tertiary/aromatic N) is 2. The number of amidine groups is 1. The summed E-state index contributed by atoms with van der Waals surface area (Å²) < 4.78 is 25.3. The van der Waals surface area contributed by atoms with E-state index in [0.29, 0.717) is 28.9 Å². The molecule has 1 aliphatic heterocycles. The summed E-state index contributed by atoms with van der Waals surface area (Å²) in [6.45, 7) is 12.2. The van der Waals surface area contributed by atoms with Gasteiger partial charge in [0, 0.05) is 28.8 Å². The number of aromatic hydroxyl groups is 1. The van der Waals surface area contributed by atoms with Crippen LogP contribution in [-0.4, -0.2) is 47.8 Å². The highest BCUT2D eigenvalue weighted by Gasteiger charge is 2.31. The predicted molar refractivity (Wildman–Crippen MR) is 130 cm³/mol. The zero-order valence-corrected chi connectivity index (χ0v) is 21.0. The van der Waals surface area contributed by atoms with Gasteiger partial charge in [0.25, 0.3) is 0 Å². The molecule has 0 aliphatic carbocycles. The fourth-order valence-corrected chi connectivity index (χ4v) is 4.33. The molecule has 0 bridgehead atoms. The fourth-order valence-electron chi connectivity index (χ4n) is 3.84. The van der Waals surface area contributed by atoms with Crippen molar-refractivity contribution >= 4 is 27.5 Å². The molecule has 178 valence electrons. The molecule has 0 radical (unpaired) electrons. The molecule has 0 unspecified atom stereocenters. The minimum absolute atomic E-state index is 0.0258. The van der Waals surface area contributed by atoms with Crippen molar-refractivity contribution in [2.75, 3.05) is 17.5 Å². The summed E-state index contributed by atoms with van der Waals surface area (Å²) >= 11 is 0. The van der Waals surface area contributed by atoms with E-state index in [1.165, 1.54) is 0 Å². The molecule has 0 fully saturated rings. The predicted octanol–water partition coefficient (Wildman–Crippen LogP) is 3.78. The van der Waals surface area contributed by atoms with Crippen molar-refractivity contribution in [2.24, 2.45) is 0 Å². The van der Waals surface area contributed by atoms with Gasteiger partial charge in [0.1, 0.15) is 23.1 Å². The van der Waals surface area contributed by atoms with Crippen LogP contribution in [0, 0.1) is 5.41 Å². The number of carbonyl (C=O) groups excluding carboxylic acids is 1. The maximum absolute atomic E-state index is 13.3. The van der Waals surface area contributed by atoms with Gasteiger partial charge in [-0.3, -0.25) is 14.9 Å². The molecular formula is C24H32N4O4S. The number of Topliss-reactive ketones (excluding diaryl/α,β-unsaturated/α-hetero) is 1. The first-order chi connectivity index (χ1) is 15.0. The average molecular weight is 473 g/mol. The summed E-state index contributed by atoms with van der Waals surface area (Å²) in [6, 6.07) is 6.74. The van der Waals surface area contributed by atoms with Crippen molar-refractivity contribution in [3.8, 4) is 5.75 Å². The first-order valence-corrected chi connectivity index (χ1v) is 12.6. The van der Waals surface area contributed by atoms with Crippen LogP contribution < -0.4 is 4.72 Å². The molecule has 8 nitrogen and oxygen atoms in total. The number of ketones is 1. The number of fused-ring (bicyclic) bond motifs is 1. The van der Waals surface area contributed by atoms with Gasteiger partial charge < -0.3 is 10.0 Å². The quantitative estimate of drug-likeness (QED) is 0.569. The Bertz CT molecular complexity index is 1200. The van der Waals surface area contributed by atoms with E-state index < -0.39 is 10.0 Å². The Labute approximate surface area is 195 Å². The van der Waals surface area contributed by atoms with Gasteiger partial charge in [-0.1, -0.05) is 47.6 Å². The molecule has 2 heterocycles. The second-order valence-corrected chi connectivity index (χ2v) is 12.4. The number of phenols is 1. The maximum atomic E-state index is 13.3. The summed E-state index contributed by atoms with van der Waals surface area (Å²) in [7, 11) is -3.49. The van der Waals surface area contributed by atoms with E-state index in [9.17, 15) is 18.3 Å². The number of phenolic OH excluding ortho intramolecular Hbond substituents is 1. The van der Waals surface area contributed by atoms with Crippen molar-refractivity contribution < 1.29 is 18.3 Å². The Morgan fingerprint density at radius 2 is 1.67 bits per heavy atom.